The summed E-state index contributed by atoms with van der Waals surface area (Å²) in [4.78, 5) is 30.0. The first-order valence-electron chi connectivity index (χ1n) is 10.2. The van der Waals surface area contributed by atoms with Crippen molar-refractivity contribution in [1.29, 1.82) is 0 Å². The van der Waals surface area contributed by atoms with E-state index in [2.05, 4.69) is 30.3 Å². The van der Waals surface area contributed by atoms with Gasteiger partial charge < -0.3 is 24.1 Å². The summed E-state index contributed by atoms with van der Waals surface area (Å²) in [6, 6.07) is 12.7. The van der Waals surface area contributed by atoms with Crippen LogP contribution in [0, 0.1) is 6.92 Å². The van der Waals surface area contributed by atoms with E-state index >= 15 is 0 Å². The maximum absolute atomic E-state index is 12.8. The van der Waals surface area contributed by atoms with Gasteiger partial charge in [0.2, 0.25) is 5.76 Å². The van der Waals surface area contributed by atoms with Gasteiger partial charge in [0, 0.05) is 44.5 Å². The third kappa shape index (κ3) is 4.15. The maximum Gasteiger partial charge on any atom is 0.276 e. The molecule has 162 valence electrons. The van der Waals surface area contributed by atoms with E-state index in [0.717, 1.165) is 5.82 Å². The lowest BCUT2D eigenvalue weighted by Gasteiger charge is -2.35. The Morgan fingerprint density at radius 3 is 2.62 bits per heavy atom. The summed E-state index contributed by atoms with van der Waals surface area (Å²) in [7, 11) is 0. The number of carbonyl (C=O) groups is 1. The zero-order valence-electron chi connectivity index (χ0n) is 17.4. The smallest absolute Gasteiger partial charge is 0.276 e. The molecule has 1 saturated heterocycles. The number of aromatic nitrogens is 4. The van der Waals surface area contributed by atoms with Crippen molar-refractivity contribution in [1.82, 2.24) is 25.0 Å². The molecule has 0 unspecified atom stereocenters. The van der Waals surface area contributed by atoms with E-state index in [-0.39, 0.29) is 11.6 Å². The Morgan fingerprint density at radius 1 is 1.00 bits per heavy atom. The van der Waals surface area contributed by atoms with Crippen LogP contribution in [-0.4, -0.2) is 57.1 Å². The SMILES string of the molecule is Cc1nc(Nc2ccccn2)cc(N2CCN(C(=O)c3cc(-c4ccco4)on3)CC2)n1. The van der Waals surface area contributed by atoms with Crippen molar-refractivity contribution >= 4 is 23.4 Å². The molecule has 32 heavy (non-hydrogen) atoms. The number of pyridine rings is 1. The molecule has 0 radical (unpaired) electrons. The lowest BCUT2D eigenvalue weighted by molar-refractivity contribution is 0.0736. The first-order chi connectivity index (χ1) is 15.7. The Labute approximate surface area is 183 Å². The molecule has 5 rings (SSSR count). The largest absolute Gasteiger partial charge is 0.461 e. The summed E-state index contributed by atoms with van der Waals surface area (Å²) in [6.07, 6.45) is 3.27. The summed E-state index contributed by atoms with van der Waals surface area (Å²) in [5.74, 6) is 3.67. The molecule has 4 aromatic rings. The number of rotatable bonds is 5. The van der Waals surface area contributed by atoms with E-state index < -0.39 is 0 Å². The normalized spacial score (nSPS) is 13.9. The fourth-order valence-electron chi connectivity index (χ4n) is 3.56. The molecule has 0 bridgehead atoms. The lowest BCUT2D eigenvalue weighted by Crippen LogP contribution is -2.49. The van der Waals surface area contributed by atoms with Crippen LogP contribution in [0.15, 0.2) is 63.9 Å². The fourth-order valence-corrected chi connectivity index (χ4v) is 3.56. The molecular weight excluding hydrogens is 410 g/mol. The molecule has 0 aromatic carbocycles. The quantitative estimate of drug-likeness (QED) is 0.509. The van der Waals surface area contributed by atoms with Gasteiger partial charge in [0.15, 0.2) is 11.5 Å². The summed E-state index contributed by atoms with van der Waals surface area (Å²) in [5, 5.41) is 7.12. The topological polar surface area (TPSA) is 113 Å². The molecule has 10 nitrogen and oxygen atoms in total. The van der Waals surface area contributed by atoms with Gasteiger partial charge in [0.1, 0.15) is 23.3 Å². The summed E-state index contributed by atoms with van der Waals surface area (Å²) in [5.41, 5.74) is 0.268. The number of anilines is 3. The second-order valence-electron chi connectivity index (χ2n) is 7.33. The molecule has 1 aliphatic heterocycles. The highest BCUT2D eigenvalue weighted by Crippen LogP contribution is 2.23. The minimum absolute atomic E-state index is 0.164. The second-order valence-corrected chi connectivity index (χ2v) is 7.33. The van der Waals surface area contributed by atoms with Crippen molar-refractivity contribution in [3.63, 3.8) is 0 Å². The summed E-state index contributed by atoms with van der Waals surface area (Å²) >= 11 is 0. The van der Waals surface area contributed by atoms with Crippen LogP contribution < -0.4 is 10.2 Å². The molecule has 5 heterocycles. The highest BCUT2D eigenvalue weighted by atomic mass is 16.5. The van der Waals surface area contributed by atoms with E-state index in [4.69, 9.17) is 8.94 Å². The van der Waals surface area contributed by atoms with Crippen LogP contribution in [0.5, 0.6) is 0 Å². The van der Waals surface area contributed by atoms with Crippen molar-refractivity contribution in [3.05, 3.63) is 66.4 Å². The van der Waals surface area contributed by atoms with Gasteiger partial charge in [-0.2, -0.15) is 0 Å². The Morgan fingerprint density at radius 2 is 1.88 bits per heavy atom. The van der Waals surface area contributed by atoms with Gasteiger partial charge in [-0.15, -0.1) is 0 Å². The minimum Gasteiger partial charge on any atom is -0.461 e. The van der Waals surface area contributed by atoms with E-state index in [1.165, 1.54) is 0 Å². The monoisotopic (exact) mass is 431 g/mol. The number of hydrogen-bond acceptors (Lipinski definition) is 9. The molecule has 0 aliphatic carbocycles. The van der Waals surface area contributed by atoms with Crippen LogP contribution in [0.2, 0.25) is 0 Å². The van der Waals surface area contributed by atoms with Crippen molar-refractivity contribution < 1.29 is 13.7 Å². The number of nitrogens with one attached hydrogen (secondary N) is 1. The molecule has 1 amide bonds. The third-order valence-corrected chi connectivity index (χ3v) is 5.13. The molecule has 0 saturated carbocycles. The van der Waals surface area contributed by atoms with Gasteiger partial charge in [0.25, 0.3) is 5.91 Å². The molecule has 0 spiro atoms. The van der Waals surface area contributed by atoms with Crippen LogP contribution in [0.3, 0.4) is 0 Å². The Hall–Kier alpha value is -4.21. The highest BCUT2D eigenvalue weighted by Gasteiger charge is 2.26. The number of carbonyl (C=O) groups excluding carboxylic acids is 1. The number of aryl methyl sites for hydroxylation is 1. The van der Waals surface area contributed by atoms with Gasteiger partial charge in [-0.05, 0) is 31.2 Å². The molecule has 1 aliphatic rings. The van der Waals surface area contributed by atoms with Crippen molar-refractivity contribution in [3.8, 4) is 11.5 Å². The first-order valence-corrected chi connectivity index (χ1v) is 10.2. The Bertz CT molecular complexity index is 1200. The van der Waals surface area contributed by atoms with E-state index in [1.807, 2.05) is 31.2 Å². The van der Waals surface area contributed by atoms with Crippen molar-refractivity contribution in [2.24, 2.45) is 0 Å². The van der Waals surface area contributed by atoms with E-state index in [9.17, 15) is 4.79 Å². The average Bonchev–Trinajstić information content (AvgIpc) is 3.51. The van der Waals surface area contributed by atoms with E-state index in [0.29, 0.717) is 55.2 Å². The van der Waals surface area contributed by atoms with Gasteiger partial charge in [-0.3, -0.25) is 4.79 Å². The van der Waals surface area contributed by atoms with Crippen LogP contribution in [0.25, 0.3) is 11.5 Å². The van der Waals surface area contributed by atoms with Crippen LogP contribution in [-0.2, 0) is 0 Å². The number of piperazine rings is 1. The standard InChI is InChI=1S/C22H21N7O3/c1-15-24-20(26-19-6-2-3-7-23-19)14-21(25-15)28-8-10-29(11-9-28)22(30)16-13-18(32-27-16)17-5-4-12-31-17/h2-7,12-14H,8-11H2,1H3,(H,23,24,25,26). The van der Waals surface area contributed by atoms with Crippen LogP contribution in [0.4, 0.5) is 17.5 Å². The Balaban J connectivity index is 1.24. The minimum atomic E-state index is -0.164. The molecule has 1 fully saturated rings. The number of nitrogens with zero attached hydrogens (tertiary/aromatic N) is 6. The fraction of sp³-hybridized carbons (Fsp3) is 0.227. The number of furan rings is 1. The predicted octanol–water partition coefficient (Wildman–Crippen LogP) is 3.13. The highest BCUT2D eigenvalue weighted by molar-refractivity contribution is 5.93. The first kappa shape index (κ1) is 19.7. The van der Waals surface area contributed by atoms with Gasteiger partial charge in [0.05, 0.1) is 6.26 Å². The average molecular weight is 431 g/mol. The number of amides is 1. The van der Waals surface area contributed by atoms with Gasteiger partial charge in [-0.25, -0.2) is 15.0 Å². The molecule has 4 aromatic heterocycles. The van der Waals surface area contributed by atoms with E-state index in [1.54, 1.807) is 35.6 Å². The molecule has 10 heteroatoms. The van der Waals surface area contributed by atoms with Crippen molar-refractivity contribution in [2.75, 3.05) is 36.4 Å². The Kier molecular flexibility index (Phi) is 5.24. The van der Waals surface area contributed by atoms with Crippen LogP contribution in [0.1, 0.15) is 16.3 Å². The molecule has 0 atom stereocenters. The lowest BCUT2D eigenvalue weighted by atomic mass is 10.2. The van der Waals surface area contributed by atoms with Gasteiger partial charge >= 0.3 is 0 Å². The molecule has 1 N–H and O–H groups in total. The predicted molar refractivity (Wildman–Crippen MR) is 117 cm³/mol. The maximum atomic E-state index is 12.8. The third-order valence-electron chi connectivity index (χ3n) is 5.13. The molecular formula is C22H21N7O3. The van der Waals surface area contributed by atoms with Crippen molar-refractivity contribution in [2.45, 2.75) is 6.92 Å². The number of hydrogen-bond donors (Lipinski definition) is 1. The van der Waals surface area contributed by atoms with Crippen LogP contribution >= 0.6 is 0 Å². The summed E-state index contributed by atoms with van der Waals surface area (Å²) in [6.45, 7) is 4.25. The van der Waals surface area contributed by atoms with Gasteiger partial charge in [-0.1, -0.05) is 11.2 Å². The zero-order valence-corrected chi connectivity index (χ0v) is 17.4. The second kappa shape index (κ2) is 8.50. The zero-order chi connectivity index (χ0) is 21.9. The summed E-state index contributed by atoms with van der Waals surface area (Å²) < 4.78 is 10.5.